The Morgan fingerprint density at radius 2 is 2.24 bits per heavy atom. The Hall–Kier alpha value is -2.45. The molecule has 2 aromatic rings. The van der Waals surface area contributed by atoms with E-state index in [2.05, 4.69) is 25.2 Å². The summed E-state index contributed by atoms with van der Waals surface area (Å²) in [4.78, 5) is 25.7. The lowest BCUT2D eigenvalue weighted by molar-refractivity contribution is 0.0378. The smallest absolute Gasteiger partial charge is 0.252 e. The average Bonchev–Trinajstić information content (AvgIpc) is 2.65. The molecule has 0 atom stereocenters. The van der Waals surface area contributed by atoms with Crippen molar-refractivity contribution in [1.82, 2.24) is 19.9 Å². The summed E-state index contributed by atoms with van der Waals surface area (Å²) in [6.07, 6.45) is 2.60. The van der Waals surface area contributed by atoms with E-state index in [9.17, 15) is 4.79 Å². The van der Waals surface area contributed by atoms with Crippen LogP contribution in [0.15, 0.2) is 29.2 Å². The van der Waals surface area contributed by atoms with Crippen LogP contribution in [0.1, 0.15) is 6.42 Å². The number of nitrogens with one attached hydrogen (secondary N) is 2. The maximum Gasteiger partial charge on any atom is 0.252 e. The Labute approximate surface area is 146 Å². The van der Waals surface area contributed by atoms with Crippen LogP contribution in [0, 0.1) is 0 Å². The molecule has 0 radical (unpaired) electrons. The third-order valence-corrected chi connectivity index (χ3v) is 4.03. The van der Waals surface area contributed by atoms with Crippen molar-refractivity contribution in [3.8, 4) is 17.1 Å². The zero-order valence-corrected chi connectivity index (χ0v) is 14.3. The highest BCUT2D eigenvalue weighted by Crippen LogP contribution is 2.25. The first kappa shape index (κ1) is 17.4. The van der Waals surface area contributed by atoms with Gasteiger partial charge in [0.25, 0.3) is 5.56 Å². The largest absolute Gasteiger partial charge is 0.481 e. The second-order valence-electron chi connectivity index (χ2n) is 5.77. The monoisotopic (exact) mass is 345 g/mol. The summed E-state index contributed by atoms with van der Waals surface area (Å²) in [6.45, 7) is 5.29. The van der Waals surface area contributed by atoms with Gasteiger partial charge in [0.1, 0.15) is 0 Å². The first-order valence-electron chi connectivity index (χ1n) is 8.41. The number of anilines is 1. The van der Waals surface area contributed by atoms with Crippen molar-refractivity contribution in [2.24, 2.45) is 0 Å². The number of methoxy groups -OCH3 is 1. The first-order chi connectivity index (χ1) is 12.3. The molecular formula is C17H23N5O3. The van der Waals surface area contributed by atoms with Crippen LogP contribution in [-0.4, -0.2) is 66.4 Å². The van der Waals surface area contributed by atoms with Crippen molar-refractivity contribution in [3.05, 3.63) is 34.7 Å². The summed E-state index contributed by atoms with van der Waals surface area (Å²) in [5.41, 5.74) is 1.00. The van der Waals surface area contributed by atoms with Crippen molar-refractivity contribution in [3.63, 3.8) is 0 Å². The quantitative estimate of drug-likeness (QED) is 0.723. The summed E-state index contributed by atoms with van der Waals surface area (Å²) in [7, 11) is 1.55. The van der Waals surface area contributed by atoms with E-state index in [1.165, 1.54) is 6.07 Å². The van der Waals surface area contributed by atoms with Crippen LogP contribution in [0.25, 0.3) is 11.3 Å². The van der Waals surface area contributed by atoms with Crippen LogP contribution in [0.3, 0.4) is 0 Å². The molecule has 0 bridgehead atoms. The fraction of sp³-hybridized carbons (Fsp3) is 0.471. The molecule has 1 fully saturated rings. The molecule has 0 spiro atoms. The molecule has 3 rings (SSSR count). The fourth-order valence-electron chi connectivity index (χ4n) is 2.76. The Balaban J connectivity index is 1.62. The van der Waals surface area contributed by atoms with E-state index in [1.807, 2.05) is 6.07 Å². The molecular weight excluding hydrogens is 322 g/mol. The highest BCUT2D eigenvalue weighted by Gasteiger charge is 2.11. The van der Waals surface area contributed by atoms with Gasteiger partial charge in [-0.15, -0.1) is 0 Å². The number of rotatable bonds is 7. The number of H-pyrrole nitrogens is 1. The van der Waals surface area contributed by atoms with E-state index in [4.69, 9.17) is 9.47 Å². The predicted octanol–water partition coefficient (Wildman–Crippen LogP) is 0.975. The minimum Gasteiger partial charge on any atom is -0.481 e. The molecule has 0 amide bonds. The highest BCUT2D eigenvalue weighted by atomic mass is 16.5. The summed E-state index contributed by atoms with van der Waals surface area (Å²) in [5, 5.41) is 3.19. The van der Waals surface area contributed by atoms with E-state index < -0.39 is 0 Å². The number of pyridine rings is 1. The molecule has 0 aromatic carbocycles. The zero-order valence-electron chi connectivity index (χ0n) is 14.3. The minimum absolute atomic E-state index is 0.216. The molecule has 1 aliphatic rings. The van der Waals surface area contributed by atoms with Gasteiger partial charge in [-0.2, -0.15) is 0 Å². The Kier molecular flexibility index (Phi) is 5.97. The third-order valence-electron chi connectivity index (χ3n) is 4.03. The van der Waals surface area contributed by atoms with Gasteiger partial charge >= 0.3 is 0 Å². The fourth-order valence-corrected chi connectivity index (χ4v) is 2.76. The Bertz CT molecular complexity index is 743. The molecule has 1 saturated heterocycles. The lowest BCUT2D eigenvalue weighted by atomic mass is 10.2. The van der Waals surface area contributed by atoms with Gasteiger partial charge in [-0.25, -0.2) is 9.97 Å². The summed E-state index contributed by atoms with van der Waals surface area (Å²) in [6, 6.07) is 5.06. The molecule has 25 heavy (non-hydrogen) atoms. The third kappa shape index (κ3) is 4.77. The number of aromatic nitrogens is 3. The SMILES string of the molecule is COc1ncccc1-c1cc(=O)[nH]c(NCCCN2CCOCC2)n1. The zero-order chi connectivity index (χ0) is 17.5. The first-order valence-corrected chi connectivity index (χ1v) is 8.41. The van der Waals surface area contributed by atoms with Gasteiger partial charge < -0.3 is 14.8 Å². The number of hydrogen-bond acceptors (Lipinski definition) is 7. The molecule has 2 aromatic heterocycles. The van der Waals surface area contributed by atoms with Crippen molar-refractivity contribution in [2.75, 3.05) is 51.8 Å². The van der Waals surface area contributed by atoms with Gasteiger partial charge in [0.2, 0.25) is 11.8 Å². The molecule has 0 aliphatic carbocycles. The Morgan fingerprint density at radius 1 is 1.40 bits per heavy atom. The van der Waals surface area contributed by atoms with Crippen LogP contribution < -0.4 is 15.6 Å². The van der Waals surface area contributed by atoms with Crippen LogP contribution in [-0.2, 0) is 4.74 Å². The van der Waals surface area contributed by atoms with Gasteiger partial charge in [0.15, 0.2) is 0 Å². The van der Waals surface area contributed by atoms with E-state index in [0.29, 0.717) is 23.1 Å². The van der Waals surface area contributed by atoms with Crippen molar-refractivity contribution < 1.29 is 9.47 Å². The minimum atomic E-state index is -0.216. The van der Waals surface area contributed by atoms with Crippen molar-refractivity contribution in [1.29, 1.82) is 0 Å². The topological polar surface area (TPSA) is 92.4 Å². The maximum atomic E-state index is 11.9. The maximum absolute atomic E-state index is 11.9. The summed E-state index contributed by atoms with van der Waals surface area (Å²) in [5.74, 6) is 0.897. The van der Waals surface area contributed by atoms with Crippen molar-refractivity contribution >= 4 is 5.95 Å². The van der Waals surface area contributed by atoms with Gasteiger partial charge in [0, 0.05) is 31.9 Å². The predicted molar refractivity (Wildman–Crippen MR) is 95.0 cm³/mol. The van der Waals surface area contributed by atoms with Crippen LogP contribution >= 0.6 is 0 Å². The molecule has 134 valence electrons. The lowest BCUT2D eigenvalue weighted by Crippen LogP contribution is -2.37. The van der Waals surface area contributed by atoms with Crippen LogP contribution in [0.5, 0.6) is 5.88 Å². The van der Waals surface area contributed by atoms with Gasteiger partial charge in [0.05, 0.1) is 31.6 Å². The molecule has 8 nitrogen and oxygen atoms in total. The number of nitrogens with zero attached hydrogens (tertiary/aromatic N) is 3. The Morgan fingerprint density at radius 3 is 3.04 bits per heavy atom. The molecule has 8 heteroatoms. The molecule has 3 heterocycles. The number of morpholine rings is 1. The second-order valence-corrected chi connectivity index (χ2v) is 5.77. The molecule has 2 N–H and O–H groups in total. The molecule has 0 saturated carbocycles. The number of hydrogen-bond donors (Lipinski definition) is 2. The van der Waals surface area contributed by atoms with E-state index in [-0.39, 0.29) is 5.56 Å². The average molecular weight is 345 g/mol. The lowest BCUT2D eigenvalue weighted by Gasteiger charge is -2.26. The summed E-state index contributed by atoms with van der Waals surface area (Å²) >= 11 is 0. The van der Waals surface area contributed by atoms with Crippen LogP contribution in [0.4, 0.5) is 5.95 Å². The molecule has 1 aliphatic heterocycles. The summed E-state index contributed by atoms with van der Waals surface area (Å²) < 4.78 is 10.6. The molecule has 0 unspecified atom stereocenters. The van der Waals surface area contributed by atoms with Crippen LogP contribution in [0.2, 0.25) is 0 Å². The normalized spacial score (nSPS) is 15.1. The number of ether oxygens (including phenoxy) is 2. The number of aromatic amines is 1. The van der Waals surface area contributed by atoms with Crippen molar-refractivity contribution in [2.45, 2.75) is 6.42 Å². The van der Waals surface area contributed by atoms with Gasteiger partial charge in [-0.1, -0.05) is 0 Å². The highest BCUT2D eigenvalue weighted by molar-refractivity contribution is 5.65. The van der Waals surface area contributed by atoms with E-state index in [1.54, 1.807) is 19.4 Å². The standard InChI is InChI=1S/C17H23N5O3/c1-24-16-13(4-2-5-18-16)14-12-15(23)21-17(20-14)19-6-3-7-22-8-10-25-11-9-22/h2,4-5,12H,3,6-11H2,1H3,(H2,19,20,21,23). The second kappa shape index (κ2) is 8.59. The van der Waals surface area contributed by atoms with Gasteiger partial charge in [-0.3, -0.25) is 14.7 Å². The van der Waals surface area contributed by atoms with E-state index >= 15 is 0 Å². The van der Waals surface area contributed by atoms with E-state index in [0.717, 1.165) is 45.8 Å². The van der Waals surface area contributed by atoms with Gasteiger partial charge in [-0.05, 0) is 25.1 Å².